The summed E-state index contributed by atoms with van der Waals surface area (Å²) < 4.78 is 0. The van der Waals surface area contributed by atoms with Crippen LogP contribution in [-0.4, -0.2) is 11.8 Å². The summed E-state index contributed by atoms with van der Waals surface area (Å²) in [6.07, 6.45) is 14.8. The number of carboxylic acids is 1. The molecule has 0 radical (unpaired) electrons. The van der Waals surface area contributed by atoms with E-state index in [0.29, 0.717) is 6.42 Å². The highest BCUT2D eigenvalue weighted by Crippen LogP contribution is 2.12. The topological polar surface area (TPSA) is 57.2 Å². The first-order valence-corrected chi connectivity index (χ1v) is 7.92. The van der Waals surface area contributed by atoms with Crippen molar-refractivity contribution in [2.75, 3.05) is 0 Å². The molecule has 112 valence electrons. The molecule has 0 saturated heterocycles. The normalized spacial score (nSPS) is 10.6. The second-order valence-corrected chi connectivity index (χ2v) is 5.35. The highest BCUT2D eigenvalue weighted by molar-refractivity contribution is 6.31. The molecule has 19 heavy (non-hydrogen) atoms. The maximum Gasteiger partial charge on any atom is 0.178 e. The Hall–Kier alpha value is -0.860. The molecule has 0 unspecified atom stereocenters. The molecule has 0 N–H and O–H groups in total. The van der Waals surface area contributed by atoms with E-state index in [0.717, 1.165) is 12.8 Å². The summed E-state index contributed by atoms with van der Waals surface area (Å²) in [6, 6.07) is 0. The van der Waals surface area contributed by atoms with Gasteiger partial charge in [-0.1, -0.05) is 77.6 Å². The lowest BCUT2D eigenvalue weighted by molar-refractivity contribution is -0.300. The number of hydrogen-bond acceptors (Lipinski definition) is 3. The van der Waals surface area contributed by atoms with Gasteiger partial charge in [0.2, 0.25) is 0 Å². The lowest BCUT2D eigenvalue weighted by Gasteiger charge is -2.03. The van der Waals surface area contributed by atoms with Crippen LogP contribution in [0.5, 0.6) is 0 Å². The molecule has 0 fully saturated rings. The van der Waals surface area contributed by atoms with Crippen LogP contribution in [0.4, 0.5) is 0 Å². The molecule has 0 heterocycles. The molecule has 0 aromatic heterocycles. The van der Waals surface area contributed by atoms with Crippen LogP contribution in [0.3, 0.4) is 0 Å². The second-order valence-electron chi connectivity index (χ2n) is 5.35. The lowest BCUT2D eigenvalue weighted by atomic mass is 10.0. The van der Waals surface area contributed by atoms with E-state index in [-0.39, 0.29) is 6.42 Å². The fourth-order valence-corrected chi connectivity index (χ4v) is 2.23. The Balaban J connectivity index is 3.07. The van der Waals surface area contributed by atoms with Crippen molar-refractivity contribution < 1.29 is 14.7 Å². The number of unbranched alkanes of at least 4 members (excludes halogenated alkanes) is 11. The molecule has 0 aliphatic heterocycles. The van der Waals surface area contributed by atoms with E-state index in [1.807, 2.05) is 0 Å². The summed E-state index contributed by atoms with van der Waals surface area (Å²) in [6.45, 7) is 2.24. The van der Waals surface area contributed by atoms with Gasteiger partial charge in [0.1, 0.15) is 5.97 Å². The molecule has 3 nitrogen and oxygen atoms in total. The number of carbonyl (C=O) groups is 2. The molecule has 3 heteroatoms. The minimum absolute atomic E-state index is 0.139. The summed E-state index contributed by atoms with van der Waals surface area (Å²) in [5.74, 6) is -2.30. The predicted octanol–water partition coefficient (Wildman–Crippen LogP) is 3.40. The quantitative estimate of drug-likeness (QED) is 0.359. The summed E-state index contributed by atoms with van der Waals surface area (Å²) in [5.41, 5.74) is 0. The number of carboxylic acid groups (broad SMARTS) is 1. The van der Waals surface area contributed by atoms with Crippen molar-refractivity contribution in [3.8, 4) is 0 Å². The van der Waals surface area contributed by atoms with Gasteiger partial charge in [0.05, 0.1) is 0 Å². The Morgan fingerprint density at radius 2 is 1.05 bits per heavy atom. The molecule has 0 bridgehead atoms. The third-order valence-electron chi connectivity index (χ3n) is 3.49. The van der Waals surface area contributed by atoms with Crippen molar-refractivity contribution in [1.82, 2.24) is 0 Å². The van der Waals surface area contributed by atoms with Gasteiger partial charge >= 0.3 is 0 Å². The number of Topliss-reactive ketones (excluding diaryl/α,β-unsaturated/α-hetero) is 1. The molecule has 0 atom stereocenters. The second kappa shape index (κ2) is 13.6. The number of hydrogen-bond donors (Lipinski definition) is 0. The average molecular weight is 269 g/mol. The molecule has 0 rings (SSSR count). The summed E-state index contributed by atoms with van der Waals surface area (Å²) in [4.78, 5) is 20.9. The zero-order chi connectivity index (χ0) is 14.3. The molecule has 0 amide bonds. The summed E-state index contributed by atoms with van der Waals surface area (Å²) in [5, 5.41) is 10.2. The van der Waals surface area contributed by atoms with Gasteiger partial charge in [0.25, 0.3) is 0 Å². The van der Waals surface area contributed by atoms with Gasteiger partial charge in [-0.05, 0) is 6.42 Å². The van der Waals surface area contributed by atoms with E-state index >= 15 is 0 Å². The molecule has 0 spiro atoms. The van der Waals surface area contributed by atoms with E-state index in [9.17, 15) is 14.7 Å². The van der Waals surface area contributed by atoms with Crippen LogP contribution >= 0.6 is 0 Å². The SMILES string of the molecule is CCCCCCCCCCCCCCC(=O)C(=O)[O-]. The highest BCUT2D eigenvalue weighted by atomic mass is 16.4. The fourth-order valence-electron chi connectivity index (χ4n) is 2.23. The minimum Gasteiger partial charge on any atom is -0.542 e. The van der Waals surface area contributed by atoms with Gasteiger partial charge in [0.15, 0.2) is 5.78 Å². The van der Waals surface area contributed by atoms with E-state index in [4.69, 9.17) is 0 Å². The number of carbonyl (C=O) groups excluding carboxylic acids is 2. The molecular weight excluding hydrogens is 240 g/mol. The monoisotopic (exact) mass is 269 g/mol. The van der Waals surface area contributed by atoms with Crippen molar-refractivity contribution in [2.24, 2.45) is 0 Å². The van der Waals surface area contributed by atoms with Crippen LogP contribution in [0.25, 0.3) is 0 Å². The highest BCUT2D eigenvalue weighted by Gasteiger charge is 2.01. The van der Waals surface area contributed by atoms with Crippen LogP contribution in [0.15, 0.2) is 0 Å². The maximum absolute atomic E-state index is 10.8. The molecule has 0 saturated carbocycles. The predicted molar refractivity (Wildman–Crippen MR) is 75.7 cm³/mol. The average Bonchev–Trinajstić information content (AvgIpc) is 2.39. The van der Waals surface area contributed by atoms with E-state index in [2.05, 4.69) is 6.92 Å². The maximum atomic E-state index is 10.8. The zero-order valence-electron chi connectivity index (χ0n) is 12.4. The van der Waals surface area contributed by atoms with Crippen molar-refractivity contribution in [3.63, 3.8) is 0 Å². The van der Waals surface area contributed by atoms with Crippen LogP contribution in [0.1, 0.15) is 90.4 Å². The molecule has 0 aliphatic rings. The number of rotatable bonds is 14. The molecule has 0 aromatic carbocycles. The first kappa shape index (κ1) is 18.1. The van der Waals surface area contributed by atoms with Crippen LogP contribution in [-0.2, 0) is 9.59 Å². The minimum atomic E-state index is -1.54. The Bertz CT molecular complexity index is 236. The zero-order valence-corrected chi connectivity index (χ0v) is 12.4. The van der Waals surface area contributed by atoms with Gasteiger partial charge in [-0.15, -0.1) is 0 Å². The first-order chi connectivity index (χ1) is 9.18. The van der Waals surface area contributed by atoms with Gasteiger partial charge in [-0.3, -0.25) is 4.79 Å². The standard InChI is InChI=1S/C16H30O3/c1-2-3-4-5-6-7-8-9-10-11-12-13-14-15(17)16(18)19/h2-14H2,1H3,(H,18,19)/p-1. The fraction of sp³-hybridized carbons (Fsp3) is 0.875. The summed E-state index contributed by atoms with van der Waals surface area (Å²) >= 11 is 0. The van der Waals surface area contributed by atoms with E-state index < -0.39 is 11.8 Å². The first-order valence-electron chi connectivity index (χ1n) is 7.92. The number of ketones is 1. The van der Waals surface area contributed by atoms with Crippen LogP contribution < -0.4 is 5.11 Å². The molecule has 0 aliphatic carbocycles. The van der Waals surface area contributed by atoms with Crippen molar-refractivity contribution >= 4 is 11.8 Å². The van der Waals surface area contributed by atoms with Gasteiger partial charge in [-0.25, -0.2) is 0 Å². The Morgan fingerprint density at radius 1 is 0.684 bits per heavy atom. The third kappa shape index (κ3) is 13.4. The van der Waals surface area contributed by atoms with Gasteiger partial charge < -0.3 is 9.90 Å². The smallest absolute Gasteiger partial charge is 0.178 e. The van der Waals surface area contributed by atoms with Crippen molar-refractivity contribution in [1.29, 1.82) is 0 Å². The molecular formula is C16H29O3-. The van der Waals surface area contributed by atoms with Crippen LogP contribution in [0, 0.1) is 0 Å². The Kier molecular flexibility index (Phi) is 13.0. The van der Waals surface area contributed by atoms with Crippen LogP contribution in [0.2, 0.25) is 0 Å². The van der Waals surface area contributed by atoms with Crippen molar-refractivity contribution in [3.05, 3.63) is 0 Å². The van der Waals surface area contributed by atoms with Gasteiger partial charge in [-0.2, -0.15) is 0 Å². The van der Waals surface area contributed by atoms with Gasteiger partial charge in [0, 0.05) is 6.42 Å². The Labute approximate surface area is 117 Å². The summed E-state index contributed by atoms with van der Waals surface area (Å²) in [7, 11) is 0. The third-order valence-corrected chi connectivity index (χ3v) is 3.49. The van der Waals surface area contributed by atoms with Crippen molar-refractivity contribution in [2.45, 2.75) is 90.4 Å². The van der Waals surface area contributed by atoms with E-state index in [1.54, 1.807) is 0 Å². The molecule has 0 aromatic rings. The Morgan fingerprint density at radius 3 is 1.42 bits per heavy atom. The number of aliphatic carboxylic acids is 1. The van der Waals surface area contributed by atoms with E-state index in [1.165, 1.54) is 57.8 Å². The largest absolute Gasteiger partial charge is 0.542 e. The lowest BCUT2D eigenvalue weighted by Crippen LogP contribution is -2.31.